The van der Waals surface area contributed by atoms with Crippen LogP contribution in [0.5, 0.6) is 0 Å². The van der Waals surface area contributed by atoms with Crippen LogP contribution in [-0.4, -0.2) is 44.7 Å². The number of fused-ring (bicyclic) bond motifs is 1. The lowest BCUT2D eigenvalue weighted by Crippen LogP contribution is -2.31. The molecule has 1 N–H and O–H groups in total. The highest BCUT2D eigenvalue weighted by Gasteiger charge is 2.19. The Morgan fingerprint density at radius 3 is 3.12 bits per heavy atom. The van der Waals surface area contributed by atoms with E-state index >= 15 is 0 Å². The van der Waals surface area contributed by atoms with Crippen LogP contribution in [0, 0.1) is 6.92 Å². The molecule has 0 spiro atoms. The van der Waals surface area contributed by atoms with Crippen LogP contribution >= 0.6 is 0 Å². The zero-order chi connectivity index (χ0) is 17.4. The molecule has 0 bridgehead atoms. The summed E-state index contributed by atoms with van der Waals surface area (Å²) in [5.74, 6) is 0.764. The van der Waals surface area contributed by atoms with Crippen molar-refractivity contribution in [3.8, 4) is 0 Å². The lowest BCUT2D eigenvalue weighted by molar-refractivity contribution is 0.0833. The van der Waals surface area contributed by atoms with Crippen molar-refractivity contribution in [3.63, 3.8) is 0 Å². The molecule has 132 valence electrons. The van der Waals surface area contributed by atoms with Crippen molar-refractivity contribution in [2.75, 3.05) is 13.2 Å². The third kappa shape index (κ3) is 3.05. The van der Waals surface area contributed by atoms with Gasteiger partial charge in [0.15, 0.2) is 5.76 Å². The molecule has 3 aromatic rings. The van der Waals surface area contributed by atoms with Gasteiger partial charge in [0.1, 0.15) is 16.8 Å². The molecule has 0 unspecified atom stereocenters. The Hall–Kier alpha value is -2.61. The first-order valence-electron chi connectivity index (χ1n) is 8.45. The van der Waals surface area contributed by atoms with Gasteiger partial charge in [-0.15, -0.1) is 0 Å². The van der Waals surface area contributed by atoms with Gasteiger partial charge in [0, 0.05) is 20.2 Å². The van der Waals surface area contributed by atoms with Crippen molar-refractivity contribution in [1.82, 2.24) is 24.9 Å². The maximum absolute atomic E-state index is 12.2. The summed E-state index contributed by atoms with van der Waals surface area (Å²) in [7, 11) is 1.89. The van der Waals surface area contributed by atoms with Crippen molar-refractivity contribution in [2.45, 2.75) is 32.4 Å². The van der Waals surface area contributed by atoms with Crippen LogP contribution in [0.1, 0.15) is 34.9 Å². The molecule has 1 amide bonds. The lowest BCUT2D eigenvalue weighted by atomic mass is 10.2. The topological polar surface area (TPSA) is 87.1 Å². The van der Waals surface area contributed by atoms with Gasteiger partial charge in [0.05, 0.1) is 24.5 Å². The van der Waals surface area contributed by atoms with Crippen LogP contribution in [-0.2, 0) is 18.3 Å². The number of ether oxygens (including phenoxy) is 1. The number of furan rings is 1. The number of amides is 1. The Morgan fingerprint density at radius 2 is 2.32 bits per heavy atom. The summed E-state index contributed by atoms with van der Waals surface area (Å²) in [5.41, 5.74) is 2.86. The quantitative estimate of drug-likeness (QED) is 0.761. The predicted molar refractivity (Wildman–Crippen MR) is 90.4 cm³/mol. The number of carbonyl (C=O) groups is 1. The SMILES string of the molecule is Cc1nn(C)c2cnn(Cc3ccc(C(=O)NC[C@H]4CCCO4)o3)c12. The summed E-state index contributed by atoms with van der Waals surface area (Å²) >= 11 is 0. The molecule has 4 heterocycles. The second-order valence-electron chi connectivity index (χ2n) is 6.36. The first kappa shape index (κ1) is 15.9. The van der Waals surface area contributed by atoms with Crippen LogP contribution in [0.25, 0.3) is 11.0 Å². The molecule has 8 nitrogen and oxygen atoms in total. The predicted octanol–water partition coefficient (Wildman–Crippen LogP) is 1.63. The molecule has 1 aliphatic heterocycles. The number of aromatic nitrogens is 4. The second kappa shape index (κ2) is 6.36. The Labute approximate surface area is 144 Å². The third-order valence-electron chi connectivity index (χ3n) is 4.52. The summed E-state index contributed by atoms with van der Waals surface area (Å²) < 4.78 is 14.8. The van der Waals surface area contributed by atoms with E-state index in [1.54, 1.807) is 23.0 Å². The van der Waals surface area contributed by atoms with Crippen molar-refractivity contribution in [3.05, 3.63) is 35.5 Å². The Morgan fingerprint density at radius 1 is 1.44 bits per heavy atom. The van der Waals surface area contributed by atoms with Gasteiger partial charge in [0.2, 0.25) is 0 Å². The Balaban J connectivity index is 1.44. The highest BCUT2D eigenvalue weighted by molar-refractivity contribution is 5.91. The van der Waals surface area contributed by atoms with Gasteiger partial charge in [0.25, 0.3) is 5.91 Å². The highest BCUT2D eigenvalue weighted by atomic mass is 16.5. The van der Waals surface area contributed by atoms with Gasteiger partial charge in [-0.25, -0.2) is 0 Å². The summed E-state index contributed by atoms with van der Waals surface area (Å²) in [4.78, 5) is 12.2. The van der Waals surface area contributed by atoms with Gasteiger partial charge in [-0.1, -0.05) is 0 Å². The number of carbonyl (C=O) groups excluding carboxylic acids is 1. The molecular weight excluding hydrogens is 322 g/mol. The van der Waals surface area contributed by atoms with E-state index in [2.05, 4.69) is 15.5 Å². The van der Waals surface area contributed by atoms with E-state index < -0.39 is 0 Å². The molecule has 1 aliphatic rings. The molecule has 4 rings (SSSR count). The van der Waals surface area contributed by atoms with Crippen molar-refractivity contribution in [2.24, 2.45) is 7.05 Å². The average Bonchev–Trinajstić information content (AvgIpc) is 3.35. The number of rotatable bonds is 5. The normalized spacial score (nSPS) is 17.4. The second-order valence-corrected chi connectivity index (χ2v) is 6.36. The zero-order valence-corrected chi connectivity index (χ0v) is 14.4. The number of aryl methyl sites for hydroxylation is 2. The van der Waals surface area contributed by atoms with E-state index in [1.165, 1.54) is 0 Å². The van der Waals surface area contributed by atoms with Crippen LogP contribution in [0.4, 0.5) is 0 Å². The van der Waals surface area contributed by atoms with E-state index in [0.717, 1.165) is 36.2 Å². The van der Waals surface area contributed by atoms with E-state index in [9.17, 15) is 4.79 Å². The van der Waals surface area contributed by atoms with E-state index in [1.807, 2.05) is 18.7 Å². The number of hydrogen-bond donors (Lipinski definition) is 1. The fraction of sp³-hybridized carbons (Fsp3) is 0.471. The molecule has 0 saturated carbocycles. The van der Waals surface area contributed by atoms with Crippen LogP contribution in [0.2, 0.25) is 0 Å². The van der Waals surface area contributed by atoms with Crippen molar-refractivity contribution >= 4 is 16.9 Å². The summed E-state index contributed by atoms with van der Waals surface area (Å²) in [6.07, 6.45) is 3.94. The van der Waals surface area contributed by atoms with Gasteiger partial charge >= 0.3 is 0 Å². The highest BCUT2D eigenvalue weighted by Crippen LogP contribution is 2.19. The van der Waals surface area contributed by atoms with Gasteiger partial charge in [-0.05, 0) is 31.9 Å². The zero-order valence-electron chi connectivity index (χ0n) is 14.4. The molecular formula is C17H21N5O3. The molecule has 8 heteroatoms. The maximum Gasteiger partial charge on any atom is 0.287 e. The number of nitrogens with zero attached hydrogens (tertiary/aromatic N) is 4. The van der Waals surface area contributed by atoms with Crippen LogP contribution < -0.4 is 5.32 Å². The largest absolute Gasteiger partial charge is 0.454 e. The summed E-state index contributed by atoms with van der Waals surface area (Å²) in [6.45, 7) is 3.70. The lowest BCUT2D eigenvalue weighted by Gasteiger charge is -2.09. The number of hydrogen-bond acceptors (Lipinski definition) is 5. The van der Waals surface area contributed by atoms with Crippen molar-refractivity contribution < 1.29 is 13.9 Å². The Bertz CT molecular complexity index is 901. The van der Waals surface area contributed by atoms with Crippen molar-refractivity contribution in [1.29, 1.82) is 0 Å². The fourth-order valence-electron chi connectivity index (χ4n) is 3.26. The van der Waals surface area contributed by atoms with E-state index in [0.29, 0.717) is 24.6 Å². The van der Waals surface area contributed by atoms with Gasteiger partial charge in [-0.2, -0.15) is 10.2 Å². The minimum absolute atomic E-state index is 0.115. The minimum Gasteiger partial charge on any atom is -0.454 e. The Kier molecular flexibility index (Phi) is 4.04. The molecule has 1 fully saturated rings. The molecule has 3 aromatic heterocycles. The minimum atomic E-state index is -0.218. The molecule has 1 atom stereocenters. The molecule has 25 heavy (non-hydrogen) atoms. The summed E-state index contributed by atoms with van der Waals surface area (Å²) in [6, 6.07) is 3.50. The number of nitrogens with one attached hydrogen (secondary N) is 1. The van der Waals surface area contributed by atoms with E-state index in [4.69, 9.17) is 9.15 Å². The van der Waals surface area contributed by atoms with Gasteiger partial charge in [-0.3, -0.25) is 14.2 Å². The fourth-order valence-corrected chi connectivity index (χ4v) is 3.26. The molecule has 0 radical (unpaired) electrons. The molecule has 0 aliphatic carbocycles. The third-order valence-corrected chi connectivity index (χ3v) is 4.52. The standard InChI is InChI=1S/C17H21N5O3/c1-11-16-14(21(2)20-11)9-19-22(16)10-13-5-6-15(25-13)17(23)18-8-12-4-3-7-24-12/h5-6,9,12H,3-4,7-8,10H2,1-2H3,(H,18,23)/t12-/m1/s1. The average molecular weight is 343 g/mol. The molecule has 1 saturated heterocycles. The van der Waals surface area contributed by atoms with Gasteiger partial charge < -0.3 is 14.5 Å². The maximum atomic E-state index is 12.2. The van der Waals surface area contributed by atoms with Crippen LogP contribution in [0.3, 0.4) is 0 Å². The molecule has 0 aromatic carbocycles. The first-order valence-corrected chi connectivity index (χ1v) is 8.45. The van der Waals surface area contributed by atoms with Crippen LogP contribution in [0.15, 0.2) is 22.7 Å². The van der Waals surface area contributed by atoms with E-state index in [-0.39, 0.29) is 12.0 Å². The summed E-state index contributed by atoms with van der Waals surface area (Å²) in [5, 5.41) is 11.7. The smallest absolute Gasteiger partial charge is 0.287 e. The first-order chi connectivity index (χ1) is 12.1. The monoisotopic (exact) mass is 343 g/mol.